The smallest absolute Gasteiger partial charge is 0.349 e. The Morgan fingerprint density at radius 3 is 2.54 bits per heavy atom. The highest BCUT2D eigenvalue weighted by Crippen LogP contribution is 2.41. The van der Waals surface area contributed by atoms with Crippen LogP contribution in [0.1, 0.15) is 28.4 Å². The number of aromatic amines is 1. The number of hydrogen-bond donors (Lipinski definition) is 3. The van der Waals surface area contributed by atoms with Gasteiger partial charge in [0.1, 0.15) is 24.9 Å². The number of aromatic nitrogens is 5. The van der Waals surface area contributed by atoms with Gasteiger partial charge in [-0.05, 0) is 41.8 Å². The summed E-state index contributed by atoms with van der Waals surface area (Å²) >= 11 is 0. The summed E-state index contributed by atoms with van der Waals surface area (Å²) in [5.74, 6) is 1.09. The lowest BCUT2D eigenvalue weighted by Gasteiger charge is -2.20. The Morgan fingerprint density at radius 2 is 1.92 bits per heavy atom. The molecule has 1 unspecified atom stereocenters. The second-order valence-corrected chi connectivity index (χ2v) is 7.97. The van der Waals surface area contributed by atoms with Crippen molar-refractivity contribution in [1.29, 1.82) is 5.41 Å². The first-order valence-corrected chi connectivity index (χ1v) is 11.3. The lowest BCUT2D eigenvalue weighted by atomic mass is 9.90. The van der Waals surface area contributed by atoms with Crippen LogP contribution in [0.5, 0.6) is 17.2 Å². The third-order valence-corrected chi connectivity index (χ3v) is 5.65. The first-order valence-electron chi connectivity index (χ1n) is 11.3. The van der Waals surface area contributed by atoms with E-state index in [0.29, 0.717) is 40.6 Å². The number of amidine groups is 1. The Bertz CT molecular complexity index is 1420. The van der Waals surface area contributed by atoms with E-state index in [0.717, 1.165) is 10.2 Å². The molecule has 2 aromatic carbocycles. The maximum atomic E-state index is 12.9. The number of benzene rings is 2. The minimum absolute atomic E-state index is 0.0373. The monoisotopic (exact) mass is 507 g/mol. The van der Waals surface area contributed by atoms with Crippen molar-refractivity contribution in [3.63, 3.8) is 0 Å². The number of ether oxygens (including phenoxy) is 3. The maximum absolute atomic E-state index is 12.9. The fraction of sp³-hybridized carbons (Fsp3) is 0.240. The molecule has 4 N–H and O–H groups in total. The molecule has 0 fully saturated rings. The van der Waals surface area contributed by atoms with Crippen LogP contribution in [0, 0.1) is 5.41 Å². The fourth-order valence-electron chi connectivity index (χ4n) is 3.89. The van der Waals surface area contributed by atoms with E-state index in [1.54, 1.807) is 36.4 Å². The summed E-state index contributed by atoms with van der Waals surface area (Å²) < 4.78 is 30.6. The number of nitrogens with zero attached hydrogens (tertiary/aromatic N) is 4. The lowest BCUT2D eigenvalue weighted by Crippen LogP contribution is -2.17. The number of methoxy groups -OCH3 is 2. The van der Waals surface area contributed by atoms with E-state index in [9.17, 15) is 9.18 Å². The van der Waals surface area contributed by atoms with Crippen LogP contribution in [-0.2, 0) is 6.42 Å². The first-order chi connectivity index (χ1) is 17.9. The Morgan fingerprint density at radius 1 is 1.16 bits per heavy atom. The van der Waals surface area contributed by atoms with Crippen LogP contribution in [0.4, 0.5) is 4.39 Å². The van der Waals surface area contributed by atoms with Crippen molar-refractivity contribution in [2.45, 2.75) is 12.3 Å². The van der Waals surface area contributed by atoms with Crippen molar-refractivity contribution in [2.24, 2.45) is 5.73 Å². The van der Waals surface area contributed by atoms with Gasteiger partial charge in [-0.3, -0.25) is 10.4 Å². The Kier molecular flexibility index (Phi) is 7.77. The summed E-state index contributed by atoms with van der Waals surface area (Å²) in [4.78, 5) is 15.6. The molecule has 0 aliphatic carbocycles. The van der Waals surface area contributed by atoms with Gasteiger partial charge in [-0.15, -0.1) is 10.2 Å². The molecule has 37 heavy (non-hydrogen) atoms. The van der Waals surface area contributed by atoms with E-state index in [2.05, 4.69) is 20.3 Å². The van der Waals surface area contributed by atoms with Gasteiger partial charge in [-0.2, -0.15) is 9.78 Å². The lowest BCUT2D eigenvalue weighted by molar-refractivity contribution is 0.254. The number of alkyl halides is 1. The van der Waals surface area contributed by atoms with Crippen LogP contribution in [0.15, 0.2) is 59.5 Å². The number of hydrogen-bond acceptors (Lipinski definition) is 8. The molecular formula is C25H26FN7O4. The molecule has 0 saturated carbocycles. The van der Waals surface area contributed by atoms with E-state index < -0.39 is 18.3 Å². The summed E-state index contributed by atoms with van der Waals surface area (Å²) in [5, 5.41) is 19.9. The van der Waals surface area contributed by atoms with E-state index in [1.165, 1.54) is 20.4 Å². The van der Waals surface area contributed by atoms with E-state index in [-0.39, 0.29) is 18.3 Å². The average Bonchev–Trinajstić information content (AvgIpc) is 3.31. The quantitative estimate of drug-likeness (QED) is 0.207. The van der Waals surface area contributed by atoms with Gasteiger partial charge in [0.15, 0.2) is 17.3 Å². The SMILES string of the molecule is COc1cc(C(Cc2ccc(C(=N)N)cc2)c2nn(-c3cccnn3)c(=O)[nH]2)cc(OCCF)c1OC. The zero-order chi connectivity index (χ0) is 26.4. The van der Waals surface area contributed by atoms with E-state index >= 15 is 0 Å². The Labute approximate surface area is 211 Å². The normalized spacial score (nSPS) is 11.6. The molecule has 0 aliphatic rings. The molecule has 0 spiro atoms. The maximum Gasteiger partial charge on any atom is 0.349 e. The molecule has 0 aliphatic heterocycles. The number of nitrogens with two attached hydrogens (primary N) is 1. The van der Waals surface area contributed by atoms with Crippen LogP contribution in [0.2, 0.25) is 0 Å². The molecular weight excluding hydrogens is 481 g/mol. The molecule has 2 aromatic heterocycles. The van der Waals surface area contributed by atoms with Gasteiger partial charge in [0.2, 0.25) is 5.75 Å². The van der Waals surface area contributed by atoms with Gasteiger partial charge in [-0.1, -0.05) is 24.3 Å². The van der Waals surface area contributed by atoms with Crippen LogP contribution in [-0.4, -0.2) is 58.3 Å². The largest absolute Gasteiger partial charge is 0.493 e. The molecule has 4 aromatic rings. The molecule has 0 bridgehead atoms. The number of rotatable bonds is 11. The van der Waals surface area contributed by atoms with Crippen LogP contribution in [0.25, 0.3) is 5.82 Å². The highest BCUT2D eigenvalue weighted by molar-refractivity contribution is 5.94. The molecule has 0 amide bonds. The standard InChI is InChI=1S/C25H26FN7O4/c1-35-19-13-17(14-20(22(19)36-2)37-11-9-26)18(12-15-5-7-16(8-6-15)23(27)28)24-30-25(34)33(32-24)21-4-3-10-29-31-21/h3-8,10,13-14,18H,9,11-12H2,1-2H3,(H3,27,28)(H,30,32,34). The molecule has 0 saturated heterocycles. The number of H-pyrrole nitrogens is 1. The van der Waals surface area contributed by atoms with Gasteiger partial charge >= 0.3 is 5.69 Å². The minimum Gasteiger partial charge on any atom is -0.493 e. The van der Waals surface area contributed by atoms with Gasteiger partial charge in [-0.25, -0.2) is 9.18 Å². The van der Waals surface area contributed by atoms with Crippen LogP contribution < -0.4 is 25.6 Å². The number of halogens is 1. The first kappa shape index (κ1) is 25.4. The van der Waals surface area contributed by atoms with Crippen molar-refractivity contribution in [2.75, 3.05) is 27.5 Å². The summed E-state index contributed by atoms with van der Waals surface area (Å²) in [6.07, 6.45) is 1.90. The average molecular weight is 508 g/mol. The second-order valence-electron chi connectivity index (χ2n) is 7.97. The molecule has 4 rings (SSSR count). The highest BCUT2D eigenvalue weighted by atomic mass is 19.1. The summed E-state index contributed by atoms with van der Waals surface area (Å²) in [7, 11) is 2.95. The Balaban J connectivity index is 1.83. The molecule has 192 valence electrons. The third-order valence-electron chi connectivity index (χ3n) is 5.65. The van der Waals surface area contributed by atoms with E-state index in [4.69, 9.17) is 25.4 Å². The highest BCUT2D eigenvalue weighted by Gasteiger charge is 2.25. The third kappa shape index (κ3) is 5.58. The molecule has 11 nitrogen and oxygen atoms in total. The van der Waals surface area contributed by atoms with E-state index in [1.807, 2.05) is 12.1 Å². The van der Waals surface area contributed by atoms with Gasteiger partial charge < -0.3 is 19.9 Å². The molecule has 2 heterocycles. The molecule has 1 atom stereocenters. The van der Waals surface area contributed by atoms with Gasteiger partial charge in [0, 0.05) is 17.7 Å². The van der Waals surface area contributed by atoms with Crippen molar-refractivity contribution in [1.82, 2.24) is 25.0 Å². The summed E-state index contributed by atoms with van der Waals surface area (Å²) in [6, 6.07) is 13.9. The summed E-state index contributed by atoms with van der Waals surface area (Å²) in [6.45, 7) is -0.851. The summed E-state index contributed by atoms with van der Waals surface area (Å²) in [5.41, 5.74) is 7.28. The van der Waals surface area contributed by atoms with Crippen molar-refractivity contribution < 1.29 is 18.6 Å². The zero-order valence-electron chi connectivity index (χ0n) is 20.3. The number of nitrogen functional groups attached to an aromatic ring is 1. The van der Waals surface area contributed by atoms with Gasteiger partial charge in [0.05, 0.1) is 14.2 Å². The van der Waals surface area contributed by atoms with Crippen LogP contribution >= 0.6 is 0 Å². The number of nitrogens with one attached hydrogen (secondary N) is 2. The van der Waals surface area contributed by atoms with Crippen molar-refractivity contribution in [3.05, 3.63) is 87.7 Å². The second kappa shape index (κ2) is 11.3. The van der Waals surface area contributed by atoms with Crippen LogP contribution in [0.3, 0.4) is 0 Å². The van der Waals surface area contributed by atoms with Crippen molar-refractivity contribution in [3.8, 4) is 23.1 Å². The molecule has 0 radical (unpaired) electrons. The van der Waals surface area contributed by atoms with Crippen molar-refractivity contribution >= 4 is 5.84 Å². The predicted molar refractivity (Wildman–Crippen MR) is 134 cm³/mol. The molecule has 12 heteroatoms. The minimum atomic E-state index is -0.683. The fourth-order valence-corrected chi connectivity index (χ4v) is 3.89. The zero-order valence-corrected chi connectivity index (χ0v) is 20.3. The Hall–Kier alpha value is -4.74. The van der Waals surface area contributed by atoms with Gasteiger partial charge in [0.25, 0.3) is 0 Å². The predicted octanol–water partition coefficient (Wildman–Crippen LogP) is 2.37. The topological polar surface area (TPSA) is 154 Å².